The minimum absolute atomic E-state index is 0.593. The molecule has 136 valence electrons. The lowest BCUT2D eigenvalue weighted by Gasteiger charge is -2.08. The Labute approximate surface area is 155 Å². The second-order valence-corrected chi connectivity index (χ2v) is 7.03. The summed E-state index contributed by atoms with van der Waals surface area (Å²) in [6, 6.07) is 8.23. The number of nitrogens with one attached hydrogen (secondary N) is 1. The Balaban J connectivity index is 1.83. The molecular weight excluding hydrogens is 322 g/mol. The molecular formula is C21H27N5. The van der Waals surface area contributed by atoms with E-state index in [0.717, 1.165) is 53.4 Å². The van der Waals surface area contributed by atoms with E-state index in [0.29, 0.717) is 5.92 Å². The maximum atomic E-state index is 4.69. The summed E-state index contributed by atoms with van der Waals surface area (Å²) in [6.45, 7) is 9.49. The molecule has 0 radical (unpaired) electrons. The van der Waals surface area contributed by atoms with Crippen molar-refractivity contribution in [2.45, 2.75) is 40.5 Å². The van der Waals surface area contributed by atoms with E-state index < -0.39 is 0 Å². The van der Waals surface area contributed by atoms with Crippen molar-refractivity contribution in [1.29, 1.82) is 0 Å². The molecule has 0 aromatic carbocycles. The molecule has 0 atom stereocenters. The van der Waals surface area contributed by atoms with Gasteiger partial charge in [0.15, 0.2) is 0 Å². The SMILES string of the molecule is CCCc1cc(-n2cc(-c3ccc(NCC(C)C)nc3)c(C)n2)ccn1. The van der Waals surface area contributed by atoms with Gasteiger partial charge in [0.2, 0.25) is 0 Å². The molecule has 3 aromatic heterocycles. The van der Waals surface area contributed by atoms with Gasteiger partial charge in [-0.3, -0.25) is 4.98 Å². The van der Waals surface area contributed by atoms with Crippen molar-refractivity contribution in [2.75, 3.05) is 11.9 Å². The third-order valence-corrected chi connectivity index (χ3v) is 4.24. The third-order valence-electron chi connectivity index (χ3n) is 4.24. The van der Waals surface area contributed by atoms with Crippen LogP contribution in [-0.2, 0) is 6.42 Å². The zero-order valence-electron chi connectivity index (χ0n) is 16.0. The standard InChI is InChI=1S/C21H27N5/c1-5-6-18-11-19(9-10-22-18)26-14-20(16(4)25-26)17-7-8-21(24-13-17)23-12-15(2)3/h7-11,13-15H,5-6,12H2,1-4H3,(H,23,24). The largest absolute Gasteiger partial charge is 0.370 e. The summed E-state index contributed by atoms with van der Waals surface area (Å²) in [5.41, 5.74) is 5.31. The van der Waals surface area contributed by atoms with Gasteiger partial charge in [-0.25, -0.2) is 9.67 Å². The average molecular weight is 349 g/mol. The van der Waals surface area contributed by atoms with Gasteiger partial charge in [0.05, 0.1) is 11.4 Å². The fraction of sp³-hybridized carbons (Fsp3) is 0.381. The second-order valence-electron chi connectivity index (χ2n) is 7.03. The normalized spacial score (nSPS) is 11.1. The first-order chi connectivity index (χ1) is 12.6. The molecule has 1 N–H and O–H groups in total. The molecule has 0 aliphatic carbocycles. The van der Waals surface area contributed by atoms with Gasteiger partial charge >= 0.3 is 0 Å². The number of aryl methyl sites for hydroxylation is 2. The van der Waals surface area contributed by atoms with Crippen LogP contribution in [-0.4, -0.2) is 26.3 Å². The Morgan fingerprint density at radius 2 is 2.00 bits per heavy atom. The van der Waals surface area contributed by atoms with Gasteiger partial charge < -0.3 is 5.32 Å². The highest BCUT2D eigenvalue weighted by atomic mass is 15.3. The summed E-state index contributed by atoms with van der Waals surface area (Å²) in [5.74, 6) is 1.50. The Morgan fingerprint density at radius 1 is 1.15 bits per heavy atom. The van der Waals surface area contributed by atoms with E-state index in [1.807, 2.05) is 36.1 Å². The minimum Gasteiger partial charge on any atom is -0.370 e. The monoisotopic (exact) mass is 349 g/mol. The van der Waals surface area contributed by atoms with Crippen molar-refractivity contribution in [3.8, 4) is 16.8 Å². The van der Waals surface area contributed by atoms with Gasteiger partial charge in [0, 0.05) is 42.0 Å². The number of rotatable bonds is 7. The van der Waals surface area contributed by atoms with Crippen LogP contribution in [0.4, 0.5) is 5.82 Å². The number of hydrogen-bond donors (Lipinski definition) is 1. The van der Waals surface area contributed by atoms with Crippen LogP contribution in [0, 0.1) is 12.8 Å². The fourth-order valence-electron chi connectivity index (χ4n) is 2.84. The van der Waals surface area contributed by atoms with Crippen molar-refractivity contribution in [1.82, 2.24) is 19.7 Å². The summed E-state index contributed by atoms with van der Waals surface area (Å²) in [7, 11) is 0. The summed E-state index contributed by atoms with van der Waals surface area (Å²) in [5, 5.41) is 8.03. The maximum absolute atomic E-state index is 4.69. The van der Waals surface area contributed by atoms with E-state index >= 15 is 0 Å². The topological polar surface area (TPSA) is 55.6 Å². The van der Waals surface area contributed by atoms with E-state index in [1.165, 1.54) is 0 Å². The maximum Gasteiger partial charge on any atom is 0.125 e. The third kappa shape index (κ3) is 4.28. The molecule has 0 aliphatic rings. The lowest BCUT2D eigenvalue weighted by atomic mass is 10.1. The number of anilines is 1. The summed E-state index contributed by atoms with van der Waals surface area (Å²) >= 11 is 0. The zero-order chi connectivity index (χ0) is 18.5. The molecule has 5 heteroatoms. The minimum atomic E-state index is 0.593. The van der Waals surface area contributed by atoms with Gasteiger partial charge in [-0.05, 0) is 43.5 Å². The number of aromatic nitrogens is 4. The highest BCUT2D eigenvalue weighted by molar-refractivity contribution is 5.66. The van der Waals surface area contributed by atoms with E-state index in [4.69, 9.17) is 0 Å². The van der Waals surface area contributed by atoms with Gasteiger partial charge in [-0.1, -0.05) is 27.2 Å². The van der Waals surface area contributed by atoms with Crippen LogP contribution in [0.25, 0.3) is 16.8 Å². The van der Waals surface area contributed by atoms with E-state index in [-0.39, 0.29) is 0 Å². The lowest BCUT2D eigenvalue weighted by molar-refractivity contribution is 0.687. The molecule has 0 fully saturated rings. The molecule has 0 spiro atoms. The second kappa shape index (κ2) is 8.13. The first-order valence-corrected chi connectivity index (χ1v) is 9.28. The van der Waals surface area contributed by atoms with Crippen molar-refractivity contribution < 1.29 is 0 Å². The summed E-state index contributed by atoms with van der Waals surface area (Å²) < 4.78 is 1.93. The van der Waals surface area contributed by atoms with Gasteiger partial charge in [0.25, 0.3) is 0 Å². The molecule has 0 unspecified atom stereocenters. The summed E-state index contributed by atoms with van der Waals surface area (Å²) in [4.78, 5) is 8.95. The van der Waals surface area contributed by atoms with Gasteiger partial charge in [0.1, 0.15) is 5.82 Å². The molecule has 0 saturated heterocycles. The number of nitrogens with zero attached hydrogens (tertiary/aromatic N) is 4. The van der Waals surface area contributed by atoms with Crippen molar-refractivity contribution in [3.05, 3.63) is 54.2 Å². The molecule has 0 amide bonds. The van der Waals surface area contributed by atoms with Crippen molar-refractivity contribution in [2.24, 2.45) is 5.92 Å². The Hall–Kier alpha value is -2.69. The van der Waals surface area contributed by atoms with Gasteiger partial charge in [-0.15, -0.1) is 0 Å². The van der Waals surface area contributed by atoms with Crippen molar-refractivity contribution >= 4 is 5.82 Å². The first-order valence-electron chi connectivity index (χ1n) is 9.28. The molecule has 5 nitrogen and oxygen atoms in total. The van der Waals surface area contributed by atoms with Crippen LogP contribution in [0.5, 0.6) is 0 Å². The predicted molar refractivity (Wildman–Crippen MR) is 107 cm³/mol. The zero-order valence-corrected chi connectivity index (χ0v) is 16.0. The molecule has 3 heterocycles. The van der Waals surface area contributed by atoms with Crippen LogP contribution < -0.4 is 5.32 Å². The molecule has 0 bridgehead atoms. The van der Waals surface area contributed by atoms with Crippen LogP contribution >= 0.6 is 0 Å². The first kappa shape index (κ1) is 18.1. The van der Waals surface area contributed by atoms with E-state index in [2.05, 4.69) is 59.5 Å². The lowest BCUT2D eigenvalue weighted by Crippen LogP contribution is -2.08. The molecule has 0 saturated carbocycles. The van der Waals surface area contributed by atoms with Crippen LogP contribution in [0.1, 0.15) is 38.6 Å². The molecule has 26 heavy (non-hydrogen) atoms. The van der Waals surface area contributed by atoms with Crippen LogP contribution in [0.15, 0.2) is 42.9 Å². The average Bonchev–Trinajstić information content (AvgIpc) is 3.03. The van der Waals surface area contributed by atoms with E-state index in [1.54, 1.807) is 0 Å². The quantitative estimate of drug-likeness (QED) is 0.674. The van der Waals surface area contributed by atoms with Crippen molar-refractivity contribution in [3.63, 3.8) is 0 Å². The molecule has 3 aromatic rings. The molecule has 0 aliphatic heterocycles. The Bertz CT molecular complexity index is 849. The van der Waals surface area contributed by atoms with Crippen LogP contribution in [0.2, 0.25) is 0 Å². The number of hydrogen-bond acceptors (Lipinski definition) is 4. The Kier molecular flexibility index (Phi) is 5.66. The smallest absolute Gasteiger partial charge is 0.125 e. The predicted octanol–water partition coefficient (Wildman–Crippen LogP) is 4.66. The fourth-order valence-corrected chi connectivity index (χ4v) is 2.84. The summed E-state index contributed by atoms with van der Waals surface area (Å²) in [6.07, 6.45) is 7.90. The highest BCUT2D eigenvalue weighted by Crippen LogP contribution is 2.24. The van der Waals surface area contributed by atoms with Crippen LogP contribution in [0.3, 0.4) is 0 Å². The number of pyridine rings is 2. The van der Waals surface area contributed by atoms with Gasteiger partial charge in [-0.2, -0.15) is 5.10 Å². The highest BCUT2D eigenvalue weighted by Gasteiger charge is 2.10. The molecule has 3 rings (SSSR count). The van der Waals surface area contributed by atoms with E-state index in [9.17, 15) is 0 Å². The Morgan fingerprint density at radius 3 is 2.69 bits per heavy atom.